The summed E-state index contributed by atoms with van der Waals surface area (Å²) >= 11 is 0. The number of ether oxygens (including phenoxy) is 1. The molecule has 3 heterocycles. The maximum atomic E-state index is 13.6. The van der Waals surface area contributed by atoms with E-state index in [1.54, 1.807) is 24.3 Å². The van der Waals surface area contributed by atoms with Crippen LogP contribution in [0.2, 0.25) is 0 Å². The van der Waals surface area contributed by atoms with E-state index in [2.05, 4.69) is 29.8 Å². The number of piperidine rings is 1. The number of nitrogens with one attached hydrogen (secondary N) is 2. The maximum Gasteiger partial charge on any atom is 0.258 e. The highest BCUT2D eigenvalue weighted by molar-refractivity contribution is 7.92. The van der Waals surface area contributed by atoms with E-state index >= 15 is 0 Å². The summed E-state index contributed by atoms with van der Waals surface area (Å²) in [4.78, 5) is 27.2. The minimum Gasteiger partial charge on any atom is -0.395 e. The highest BCUT2D eigenvalue weighted by atomic mass is 32.2. The van der Waals surface area contributed by atoms with Crippen molar-refractivity contribution in [2.45, 2.75) is 45.4 Å². The molecule has 0 unspecified atom stereocenters. The fourth-order valence-corrected chi connectivity index (χ4v) is 6.20. The zero-order valence-corrected chi connectivity index (χ0v) is 23.3. The number of benzene rings is 1. The maximum absolute atomic E-state index is 13.6. The summed E-state index contributed by atoms with van der Waals surface area (Å²) < 4.78 is 32.6. The number of aromatic nitrogens is 2. The summed E-state index contributed by atoms with van der Waals surface area (Å²) in [5.74, 6) is 0.310. The fraction of sp³-hybridized carbons (Fsp3) is 0.593. The molecule has 1 aliphatic carbocycles. The lowest BCUT2D eigenvalue weighted by Gasteiger charge is -2.35. The van der Waals surface area contributed by atoms with Gasteiger partial charge in [-0.1, -0.05) is 0 Å². The molecule has 212 valence electrons. The van der Waals surface area contributed by atoms with Crippen LogP contribution in [0.15, 0.2) is 24.3 Å². The van der Waals surface area contributed by atoms with Gasteiger partial charge in [0.1, 0.15) is 5.82 Å². The van der Waals surface area contributed by atoms with Crippen molar-refractivity contribution in [1.82, 2.24) is 9.97 Å². The van der Waals surface area contributed by atoms with Crippen molar-refractivity contribution in [2.75, 3.05) is 71.6 Å². The van der Waals surface area contributed by atoms with Crippen molar-refractivity contribution in [1.29, 1.82) is 0 Å². The Morgan fingerprint density at radius 2 is 1.74 bits per heavy atom. The number of nitrogens with zero attached hydrogens (tertiary/aromatic N) is 4. The van der Waals surface area contributed by atoms with Crippen LogP contribution in [0.25, 0.3) is 0 Å². The Morgan fingerprint density at radius 3 is 2.41 bits per heavy atom. The topological polar surface area (TPSA) is 137 Å². The van der Waals surface area contributed by atoms with Gasteiger partial charge in [0.2, 0.25) is 16.0 Å². The van der Waals surface area contributed by atoms with Crippen LogP contribution in [-0.2, 0) is 14.8 Å². The molecule has 2 saturated heterocycles. The predicted octanol–water partition coefficient (Wildman–Crippen LogP) is 2.77. The molecule has 1 spiro atoms. The first kappa shape index (κ1) is 27.6. The number of aryl methyl sites for hydroxylation is 1. The van der Waals surface area contributed by atoms with Crippen LogP contribution in [0.4, 0.5) is 23.1 Å². The largest absolute Gasteiger partial charge is 0.395 e. The van der Waals surface area contributed by atoms with E-state index in [4.69, 9.17) is 9.84 Å². The van der Waals surface area contributed by atoms with Crippen molar-refractivity contribution in [3.05, 3.63) is 35.5 Å². The Morgan fingerprint density at radius 1 is 1.03 bits per heavy atom. The summed E-state index contributed by atoms with van der Waals surface area (Å²) in [6, 6.07) is 6.70. The van der Waals surface area contributed by atoms with Crippen LogP contribution in [0.1, 0.15) is 54.6 Å². The van der Waals surface area contributed by atoms with Gasteiger partial charge in [0.15, 0.2) is 0 Å². The van der Waals surface area contributed by atoms with Crippen LogP contribution in [-0.4, -0.2) is 81.2 Å². The zero-order chi connectivity index (χ0) is 27.5. The third-order valence-electron chi connectivity index (χ3n) is 7.80. The second-order valence-corrected chi connectivity index (χ2v) is 12.7. The van der Waals surface area contributed by atoms with Crippen LogP contribution >= 0.6 is 0 Å². The Labute approximate surface area is 230 Å². The molecule has 1 saturated carbocycles. The smallest absolute Gasteiger partial charge is 0.258 e. The van der Waals surface area contributed by atoms with Gasteiger partial charge in [-0.25, -0.2) is 13.4 Å². The second kappa shape index (κ2) is 11.6. The monoisotopic (exact) mass is 558 g/mol. The van der Waals surface area contributed by atoms with E-state index in [0.717, 1.165) is 57.6 Å². The van der Waals surface area contributed by atoms with Gasteiger partial charge in [-0.2, -0.15) is 4.98 Å². The molecule has 2 aliphatic heterocycles. The van der Waals surface area contributed by atoms with Gasteiger partial charge in [-0.05, 0) is 69.1 Å². The number of anilines is 4. The number of aliphatic hydroxyl groups is 1. The van der Waals surface area contributed by atoms with Gasteiger partial charge in [0, 0.05) is 51.2 Å². The molecule has 2 aromatic rings. The highest BCUT2D eigenvalue weighted by Crippen LogP contribution is 2.54. The minimum atomic E-state index is -3.70. The molecular formula is C27H38N6O5S. The highest BCUT2D eigenvalue weighted by Gasteiger charge is 2.44. The van der Waals surface area contributed by atoms with Crippen molar-refractivity contribution in [3.63, 3.8) is 0 Å². The first-order valence-corrected chi connectivity index (χ1v) is 15.4. The molecular weight excluding hydrogens is 520 g/mol. The van der Waals surface area contributed by atoms with E-state index < -0.39 is 22.4 Å². The molecule has 3 fully saturated rings. The average Bonchev–Trinajstić information content (AvgIpc) is 3.62. The van der Waals surface area contributed by atoms with Gasteiger partial charge < -0.3 is 25.0 Å². The summed E-state index contributed by atoms with van der Waals surface area (Å²) in [7, 11) is -3.70. The van der Waals surface area contributed by atoms with E-state index in [-0.39, 0.29) is 5.91 Å². The van der Waals surface area contributed by atoms with Crippen molar-refractivity contribution in [3.8, 4) is 0 Å². The molecule has 0 radical (unpaired) electrons. The molecule has 1 aromatic carbocycles. The number of hydrogen-bond acceptors (Lipinski definition) is 9. The molecule has 3 N–H and O–H groups in total. The van der Waals surface area contributed by atoms with Crippen LogP contribution in [0.5, 0.6) is 0 Å². The lowest BCUT2D eigenvalue weighted by molar-refractivity contribution is 0.102. The summed E-state index contributed by atoms with van der Waals surface area (Å²) in [6.07, 6.45) is 6.40. The first-order valence-electron chi connectivity index (χ1n) is 13.8. The van der Waals surface area contributed by atoms with Crippen molar-refractivity contribution < 1.29 is 23.1 Å². The molecule has 5 rings (SSSR count). The third-order valence-corrected chi connectivity index (χ3v) is 9.06. The second-order valence-electron chi connectivity index (χ2n) is 10.8. The lowest BCUT2D eigenvalue weighted by Crippen LogP contribution is -2.36. The predicted molar refractivity (Wildman–Crippen MR) is 151 cm³/mol. The van der Waals surface area contributed by atoms with Gasteiger partial charge >= 0.3 is 0 Å². The van der Waals surface area contributed by atoms with Gasteiger partial charge in [-0.15, -0.1) is 0 Å². The molecule has 0 bridgehead atoms. The Hall–Kier alpha value is -2.96. The van der Waals surface area contributed by atoms with Gasteiger partial charge in [0.05, 0.1) is 29.3 Å². The number of hydrogen-bond donors (Lipinski definition) is 3. The third kappa shape index (κ3) is 6.98. The number of carbonyl (C=O) groups is 1. The van der Waals surface area contributed by atoms with Crippen molar-refractivity contribution in [2.24, 2.45) is 5.41 Å². The van der Waals surface area contributed by atoms with E-state index in [9.17, 15) is 13.2 Å². The standard InChI is InChI=1S/C27H38N6O5S/c1-20-18-24(30-26(28-20)33-10-2-15-38-16-3-11-33)29-25(35)22-5-4-21(31-39(36,37)17-14-34)19-23(22)32-12-8-27(6-7-27)9-13-32/h4-5,18-19,31,34H,2-3,6-17H2,1H3,(H,28,29,30,35). The summed E-state index contributed by atoms with van der Waals surface area (Å²) in [6.45, 7) is 6.01. The Bertz CT molecular complexity index is 1280. The van der Waals surface area contributed by atoms with Crippen LogP contribution in [0, 0.1) is 12.3 Å². The number of rotatable bonds is 8. The quantitative estimate of drug-likeness (QED) is 0.447. The number of amides is 1. The van der Waals surface area contributed by atoms with Crippen molar-refractivity contribution >= 4 is 39.1 Å². The van der Waals surface area contributed by atoms with Crippen LogP contribution < -0.4 is 19.8 Å². The van der Waals surface area contributed by atoms with Gasteiger partial charge in [0.25, 0.3) is 5.91 Å². The SMILES string of the molecule is Cc1cc(NC(=O)c2ccc(NS(=O)(=O)CCO)cc2N2CCC3(CC2)CC3)nc(N2CCCOCCC2)n1. The average molecular weight is 559 g/mol. The normalized spacial score (nSPS) is 19.3. The molecule has 11 nitrogen and oxygen atoms in total. The Balaban J connectivity index is 1.39. The van der Waals surface area contributed by atoms with E-state index in [0.29, 0.717) is 47.3 Å². The molecule has 12 heteroatoms. The number of aliphatic hydroxyl groups excluding tert-OH is 1. The number of sulfonamides is 1. The minimum absolute atomic E-state index is 0.313. The fourth-order valence-electron chi connectivity index (χ4n) is 5.37. The van der Waals surface area contributed by atoms with Crippen LogP contribution in [0.3, 0.4) is 0 Å². The lowest BCUT2D eigenvalue weighted by atomic mass is 9.93. The number of carbonyl (C=O) groups excluding carboxylic acids is 1. The van der Waals surface area contributed by atoms with E-state index in [1.165, 1.54) is 12.8 Å². The molecule has 3 aliphatic rings. The summed E-state index contributed by atoms with van der Waals surface area (Å²) in [5.41, 5.74) is 2.71. The first-order chi connectivity index (χ1) is 18.8. The molecule has 1 amide bonds. The molecule has 39 heavy (non-hydrogen) atoms. The van der Waals surface area contributed by atoms with E-state index in [1.807, 2.05) is 6.92 Å². The summed E-state index contributed by atoms with van der Waals surface area (Å²) in [5, 5.41) is 12.1. The Kier molecular flexibility index (Phi) is 8.24. The molecule has 0 atom stereocenters. The molecule has 1 aromatic heterocycles. The van der Waals surface area contributed by atoms with Gasteiger partial charge in [-0.3, -0.25) is 9.52 Å². The zero-order valence-electron chi connectivity index (χ0n) is 22.5.